The maximum Gasteiger partial charge on any atom is 0.148 e. The summed E-state index contributed by atoms with van der Waals surface area (Å²) in [5, 5.41) is 3.30. The molecular weight excluding hydrogens is 226 g/mol. The molecule has 0 aromatic carbocycles. The minimum Gasteiger partial charge on any atom is -0.369 e. The molecule has 0 aliphatic rings. The zero-order valence-corrected chi connectivity index (χ0v) is 10.9. The molecule has 0 aliphatic carbocycles. The van der Waals surface area contributed by atoms with E-state index in [-0.39, 0.29) is 0 Å². The molecule has 2 aromatic heterocycles. The average Bonchev–Trinajstić information content (AvgIpc) is 2.85. The molecule has 5 nitrogen and oxygen atoms in total. The molecule has 0 atom stereocenters. The number of aryl methyl sites for hydroxylation is 1. The monoisotopic (exact) mass is 245 g/mol. The summed E-state index contributed by atoms with van der Waals surface area (Å²) in [6.45, 7) is 6.08. The van der Waals surface area contributed by atoms with Gasteiger partial charge in [-0.05, 0) is 13.3 Å². The summed E-state index contributed by atoms with van der Waals surface area (Å²) in [5.41, 5.74) is 0.951. The van der Waals surface area contributed by atoms with Crippen molar-refractivity contribution < 1.29 is 0 Å². The minimum atomic E-state index is 0.709. The van der Waals surface area contributed by atoms with Gasteiger partial charge >= 0.3 is 0 Å². The van der Waals surface area contributed by atoms with Gasteiger partial charge < -0.3 is 9.88 Å². The Bertz CT molecular complexity index is 492. The zero-order valence-electron chi connectivity index (χ0n) is 10.9. The second kappa shape index (κ2) is 6.14. The van der Waals surface area contributed by atoms with Gasteiger partial charge in [-0.3, -0.25) is 4.98 Å². The van der Waals surface area contributed by atoms with Crippen LogP contribution in [0.1, 0.15) is 31.8 Å². The van der Waals surface area contributed by atoms with E-state index in [0.717, 1.165) is 36.8 Å². The smallest absolute Gasteiger partial charge is 0.148 e. The van der Waals surface area contributed by atoms with Crippen LogP contribution in [0.2, 0.25) is 0 Å². The standard InChI is InChI=1S/C13H19N5/c1-3-5-16-13-11(14-6-7-17-13)10-12-15-8-9-18(12)4-2/h6-9H,3-5,10H2,1-2H3,(H,16,17). The van der Waals surface area contributed by atoms with Crippen molar-refractivity contribution in [3.63, 3.8) is 0 Å². The predicted molar refractivity (Wildman–Crippen MR) is 71.5 cm³/mol. The number of rotatable bonds is 6. The van der Waals surface area contributed by atoms with Gasteiger partial charge in [-0.15, -0.1) is 0 Å². The fourth-order valence-corrected chi connectivity index (χ4v) is 1.83. The third-order valence-corrected chi connectivity index (χ3v) is 2.78. The lowest BCUT2D eigenvalue weighted by Crippen LogP contribution is -2.09. The van der Waals surface area contributed by atoms with Crippen molar-refractivity contribution in [2.75, 3.05) is 11.9 Å². The lowest BCUT2D eigenvalue weighted by molar-refractivity contribution is 0.707. The molecular formula is C13H19N5. The van der Waals surface area contributed by atoms with Crippen molar-refractivity contribution in [3.05, 3.63) is 36.3 Å². The first-order valence-corrected chi connectivity index (χ1v) is 6.38. The molecule has 2 rings (SSSR count). The van der Waals surface area contributed by atoms with Gasteiger partial charge in [0.15, 0.2) is 0 Å². The molecule has 0 aliphatic heterocycles. The maximum atomic E-state index is 4.40. The van der Waals surface area contributed by atoms with Crippen molar-refractivity contribution >= 4 is 5.82 Å². The summed E-state index contributed by atoms with van der Waals surface area (Å²) < 4.78 is 2.12. The Morgan fingerprint density at radius 1 is 1.11 bits per heavy atom. The highest BCUT2D eigenvalue weighted by atomic mass is 15.1. The van der Waals surface area contributed by atoms with Gasteiger partial charge in [0.1, 0.15) is 11.6 Å². The van der Waals surface area contributed by atoms with E-state index in [2.05, 4.69) is 38.7 Å². The minimum absolute atomic E-state index is 0.709. The van der Waals surface area contributed by atoms with Crippen LogP contribution in [0.4, 0.5) is 5.82 Å². The van der Waals surface area contributed by atoms with Crippen LogP contribution in [0, 0.1) is 0 Å². The summed E-state index contributed by atoms with van der Waals surface area (Å²) in [6, 6.07) is 0. The fraction of sp³-hybridized carbons (Fsp3) is 0.462. The van der Waals surface area contributed by atoms with Crippen LogP contribution in [0.15, 0.2) is 24.8 Å². The van der Waals surface area contributed by atoms with E-state index in [1.54, 1.807) is 12.4 Å². The number of hydrogen-bond acceptors (Lipinski definition) is 4. The van der Waals surface area contributed by atoms with Gasteiger partial charge in [-0.1, -0.05) is 6.92 Å². The molecule has 0 saturated carbocycles. The molecule has 1 N–H and O–H groups in total. The molecule has 0 radical (unpaired) electrons. The number of imidazole rings is 1. The quantitative estimate of drug-likeness (QED) is 0.846. The van der Waals surface area contributed by atoms with Crippen molar-refractivity contribution in [3.8, 4) is 0 Å². The zero-order chi connectivity index (χ0) is 12.8. The van der Waals surface area contributed by atoms with Gasteiger partial charge in [-0.25, -0.2) is 9.97 Å². The summed E-state index contributed by atoms with van der Waals surface area (Å²) in [4.78, 5) is 13.1. The molecule has 18 heavy (non-hydrogen) atoms. The van der Waals surface area contributed by atoms with Gasteiger partial charge in [-0.2, -0.15) is 0 Å². The van der Waals surface area contributed by atoms with E-state index in [9.17, 15) is 0 Å². The molecule has 2 heterocycles. The van der Waals surface area contributed by atoms with Crippen LogP contribution in [0.25, 0.3) is 0 Å². The largest absolute Gasteiger partial charge is 0.369 e. The first-order valence-electron chi connectivity index (χ1n) is 6.38. The maximum absolute atomic E-state index is 4.40. The third kappa shape index (κ3) is 2.85. The number of nitrogens with zero attached hydrogens (tertiary/aromatic N) is 4. The second-order valence-corrected chi connectivity index (χ2v) is 4.08. The Kier molecular flexibility index (Phi) is 4.28. The van der Waals surface area contributed by atoms with Crippen LogP contribution >= 0.6 is 0 Å². The number of anilines is 1. The summed E-state index contributed by atoms with van der Waals surface area (Å²) >= 11 is 0. The summed E-state index contributed by atoms with van der Waals surface area (Å²) in [6.07, 6.45) is 9.04. The third-order valence-electron chi connectivity index (χ3n) is 2.78. The SMILES string of the molecule is CCCNc1nccnc1Cc1nccn1CC. The van der Waals surface area contributed by atoms with E-state index in [0.29, 0.717) is 6.42 Å². The van der Waals surface area contributed by atoms with Crippen molar-refractivity contribution in [2.24, 2.45) is 0 Å². The first-order chi connectivity index (χ1) is 8.85. The highest BCUT2D eigenvalue weighted by Gasteiger charge is 2.09. The molecule has 0 spiro atoms. The van der Waals surface area contributed by atoms with Crippen molar-refractivity contribution in [1.29, 1.82) is 0 Å². The van der Waals surface area contributed by atoms with Crippen LogP contribution < -0.4 is 5.32 Å². The Morgan fingerprint density at radius 3 is 2.72 bits per heavy atom. The lowest BCUT2D eigenvalue weighted by atomic mass is 10.2. The molecule has 0 fully saturated rings. The van der Waals surface area contributed by atoms with E-state index in [1.807, 2.05) is 12.4 Å². The number of hydrogen-bond donors (Lipinski definition) is 1. The topological polar surface area (TPSA) is 55.6 Å². The molecule has 0 unspecified atom stereocenters. The fourth-order valence-electron chi connectivity index (χ4n) is 1.83. The Labute approximate surface area is 107 Å². The van der Waals surface area contributed by atoms with Crippen LogP contribution in [-0.4, -0.2) is 26.1 Å². The van der Waals surface area contributed by atoms with Gasteiger partial charge in [0.25, 0.3) is 0 Å². The molecule has 96 valence electrons. The normalized spacial score (nSPS) is 10.6. The van der Waals surface area contributed by atoms with Crippen LogP contribution in [-0.2, 0) is 13.0 Å². The lowest BCUT2D eigenvalue weighted by Gasteiger charge is -2.09. The number of nitrogens with one attached hydrogen (secondary N) is 1. The van der Waals surface area contributed by atoms with E-state index in [4.69, 9.17) is 0 Å². The molecule has 5 heteroatoms. The van der Waals surface area contributed by atoms with Gasteiger partial charge in [0.2, 0.25) is 0 Å². The van der Waals surface area contributed by atoms with Gasteiger partial charge in [0, 0.05) is 37.9 Å². The van der Waals surface area contributed by atoms with E-state index >= 15 is 0 Å². The Balaban J connectivity index is 2.18. The first kappa shape index (κ1) is 12.5. The van der Waals surface area contributed by atoms with Crippen LogP contribution in [0.5, 0.6) is 0 Å². The Hall–Kier alpha value is -1.91. The predicted octanol–water partition coefficient (Wildman–Crippen LogP) is 2.11. The van der Waals surface area contributed by atoms with Crippen molar-refractivity contribution in [1.82, 2.24) is 19.5 Å². The second-order valence-electron chi connectivity index (χ2n) is 4.08. The van der Waals surface area contributed by atoms with Crippen molar-refractivity contribution in [2.45, 2.75) is 33.2 Å². The summed E-state index contributed by atoms with van der Waals surface area (Å²) in [7, 11) is 0. The number of aromatic nitrogens is 4. The van der Waals surface area contributed by atoms with Gasteiger partial charge in [0.05, 0.1) is 12.1 Å². The molecule has 0 saturated heterocycles. The summed E-state index contributed by atoms with van der Waals surface area (Å²) in [5.74, 6) is 1.89. The van der Waals surface area contributed by atoms with E-state index in [1.165, 1.54) is 0 Å². The molecule has 2 aromatic rings. The van der Waals surface area contributed by atoms with E-state index < -0.39 is 0 Å². The van der Waals surface area contributed by atoms with Crippen LogP contribution in [0.3, 0.4) is 0 Å². The molecule has 0 bridgehead atoms. The Morgan fingerprint density at radius 2 is 1.94 bits per heavy atom. The highest BCUT2D eigenvalue weighted by Crippen LogP contribution is 2.13. The molecule has 0 amide bonds. The average molecular weight is 245 g/mol. The highest BCUT2D eigenvalue weighted by molar-refractivity contribution is 5.40.